The number of halogens is 3. The Morgan fingerprint density at radius 1 is 1.42 bits per heavy atom. The molecule has 0 bridgehead atoms. The second kappa shape index (κ2) is 6.06. The lowest BCUT2D eigenvalue weighted by atomic mass is 10.1. The average molecular weight is 274 g/mol. The number of nitrogens with zero attached hydrogens (tertiary/aromatic N) is 1. The number of hydrogen-bond donors (Lipinski definition) is 1. The van der Waals surface area contributed by atoms with E-state index in [-0.39, 0.29) is 11.5 Å². The van der Waals surface area contributed by atoms with Crippen molar-refractivity contribution in [1.82, 2.24) is 4.90 Å². The van der Waals surface area contributed by atoms with E-state index in [1.165, 1.54) is 17.0 Å². The van der Waals surface area contributed by atoms with Gasteiger partial charge < -0.3 is 10.6 Å². The highest BCUT2D eigenvalue weighted by atomic mass is 19.4. The summed E-state index contributed by atoms with van der Waals surface area (Å²) in [5.41, 5.74) is 4.66. The minimum atomic E-state index is -4.45. The minimum absolute atomic E-state index is 0.0292. The molecule has 0 spiro atoms. The fraction of sp³-hybridized carbons (Fsp3) is 0.462. The summed E-state index contributed by atoms with van der Waals surface area (Å²) in [4.78, 5) is 13.4. The van der Waals surface area contributed by atoms with E-state index in [1.54, 1.807) is 7.05 Å². The van der Waals surface area contributed by atoms with E-state index in [0.29, 0.717) is 13.1 Å². The van der Waals surface area contributed by atoms with Crippen molar-refractivity contribution in [2.75, 3.05) is 20.1 Å². The number of carbonyl (C=O) groups is 1. The Labute approximate surface area is 110 Å². The van der Waals surface area contributed by atoms with Crippen LogP contribution in [0.25, 0.3) is 0 Å². The highest BCUT2D eigenvalue weighted by Crippen LogP contribution is 2.29. The largest absolute Gasteiger partial charge is 0.416 e. The molecule has 0 aliphatic rings. The van der Waals surface area contributed by atoms with Crippen LogP contribution in [0.15, 0.2) is 24.3 Å². The lowest BCUT2D eigenvalue weighted by molar-refractivity contribution is -0.137. The zero-order valence-electron chi connectivity index (χ0n) is 10.9. The molecule has 1 aromatic rings. The van der Waals surface area contributed by atoms with Crippen LogP contribution in [0.2, 0.25) is 0 Å². The van der Waals surface area contributed by atoms with Crippen LogP contribution >= 0.6 is 0 Å². The first-order valence-electron chi connectivity index (χ1n) is 5.88. The highest BCUT2D eigenvalue weighted by molar-refractivity contribution is 5.94. The summed E-state index contributed by atoms with van der Waals surface area (Å²) in [6, 6.07) is 4.42. The standard InChI is InChI=1S/C13H17F3N2O/c1-9(7-17)8-18(2)12(19)10-4-3-5-11(6-10)13(14,15)16/h3-6,9H,7-8,17H2,1-2H3. The molecule has 19 heavy (non-hydrogen) atoms. The summed E-state index contributed by atoms with van der Waals surface area (Å²) in [7, 11) is 1.55. The monoisotopic (exact) mass is 274 g/mol. The third-order valence-electron chi connectivity index (χ3n) is 2.77. The maximum absolute atomic E-state index is 12.6. The molecule has 6 heteroatoms. The summed E-state index contributed by atoms with van der Waals surface area (Å²) in [6.07, 6.45) is -4.45. The van der Waals surface area contributed by atoms with Gasteiger partial charge in [0.05, 0.1) is 5.56 Å². The second-order valence-electron chi connectivity index (χ2n) is 4.61. The number of alkyl halides is 3. The molecule has 0 heterocycles. The van der Waals surface area contributed by atoms with Crippen molar-refractivity contribution in [3.63, 3.8) is 0 Å². The van der Waals surface area contributed by atoms with Crippen molar-refractivity contribution < 1.29 is 18.0 Å². The third-order valence-corrected chi connectivity index (χ3v) is 2.77. The van der Waals surface area contributed by atoms with Gasteiger partial charge in [0.1, 0.15) is 0 Å². The normalized spacial score (nSPS) is 13.2. The highest BCUT2D eigenvalue weighted by Gasteiger charge is 2.31. The van der Waals surface area contributed by atoms with Crippen molar-refractivity contribution in [2.45, 2.75) is 13.1 Å². The van der Waals surface area contributed by atoms with Crippen molar-refractivity contribution in [1.29, 1.82) is 0 Å². The first-order chi connectivity index (χ1) is 8.75. The van der Waals surface area contributed by atoms with Crippen LogP contribution < -0.4 is 5.73 Å². The Kier molecular flexibility index (Phi) is 4.94. The molecular formula is C13H17F3N2O. The van der Waals surface area contributed by atoms with Gasteiger partial charge in [-0.25, -0.2) is 0 Å². The van der Waals surface area contributed by atoms with Gasteiger partial charge in [-0.15, -0.1) is 0 Å². The third kappa shape index (κ3) is 4.24. The molecule has 2 N–H and O–H groups in total. The molecule has 0 aliphatic heterocycles. The molecule has 1 atom stereocenters. The number of hydrogen-bond acceptors (Lipinski definition) is 2. The van der Waals surface area contributed by atoms with E-state index in [1.807, 2.05) is 6.92 Å². The molecule has 3 nitrogen and oxygen atoms in total. The summed E-state index contributed by atoms with van der Waals surface area (Å²) in [5, 5.41) is 0. The Hall–Kier alpha value is -1.56. The summed E-state index contributed by atoms with van der Waals surface area (Å²) >= 11 is 0. The molecule has 0 aliphatic carbocycles. The Balaban J connectivity index is 2.88. The van der Waals surface area contributed by atoms with Crippen LogP contribution in [-0.2, 0) is 6.18 Å². The van der Waals surface area contributed by atoms with Gasteiger partial charge in [-0.05, 0) is 30.7 Å². The van der Waals surface area contributed by atoms with E-state index in [2.05, 4.69) is 0 Å². The average Bonchev–Trinajstić information content (AvgIpc) is 2.36. The first-order valence-corrected chi connectivity index (χ1v) is 5.88. The molecular weight excluding hydrogens is 257 g/mol. The number of rotatable bonds is 4. The van der Waals surface area contributed by atoms with Crippen molar-refractivity contribution >= 4 is 5.91 Å². The molecule has 1 rings (SSSR count). The van der Waals surface area contributed by atoms with Crippen molar-refractivity contribution in [3.8, 4) is 0 Å². The van der Waals surface area contributed by atoms with Crippen molar-refractivity contribution in [2.24, 2.45) is 11.7 Å². The molecule has 1 amide bonds. The maximum atomic E-state index is 12.6. The summed E-state index contributed by atoms with van der Waals surface area (Å²) in [6.45, 7) is 2.70. The molecule has 0 aromatic heterocycles. The van der Waals surface area contributed by atoms with Gasteiger partial charge >= 0.3 is 6.18 Å². The molecule has 106 valence electrons. The Bertz CT molecular complexity index is 446. The fourth-order valence-corrected chi connectivity index (χ4v) is 1.67. The fourth-order valence-electron chi connectivity index (χ4n) is 1.67. The molecule has 0 fully saturated rings. The quantitative estimate of drug-likeness (QED) is 0.916. The van der Waals surface area contributed by atoms with Gasteiger partial charge in [-0.2, -0.15) is 13.2 Å². The molecule has 0 saturated heterocycles. The van der Waals surface area contributed by atoms with Gasteiger partial charge in [0.25, 0.3) is 5.91 Å². The topological polar surface area (TPSA) is 46.3 Å². The zero-order chi connectivity index (χ0) is 14.6. The zero-order valence-corrected chi connectivity index (χ0v) is 10.9. The second-order valence-corrected chi connectivity index (χ2v) is 4.61. The number of amides is 1. The van der Waals surface area contributed by atoms with Gasteiger partial charge in [0, 0.05) is 19.2 Å². The SMILES string of the molecule is CC(CN)CN(C)C(=O)c1cccc(C(F)(F)F)c1. The van der Waals surface area contributed by atoms with Crippen LogP contribution in [0, 0.1) is 5.92 Å². The van der Waals surface area contributed by atoms with E-state index in [4.69, 9.17) is 5.73 Å². The van der Waals surface area contributed by atoms with Crippen LogP contribution in [0.4, 0.5) is 13.2 Å². The predicted molar refractivity (Wildman–Crippen MR) is 66.6 cm³/mol. The van der Waals surface area contributed by atoms with Crippen LogP contribution in [0.1, 0.15) is 22.8 Å². The molecule has 1 aromatic carbocycles. The van der Waals surface area contributed by atoms with Gasteiger partial charge in [0.2, 0.25) is 0 Å². The Morgan fingerprint density at radius 2 is 2.05 bits per heavy atom. The van der Waals surface area contributed by atoms with Gasteiger partial charge in [-0.1, -0.05) is 13.0 Å². The lowest BCUT2D eigenvalue weighted by Crippen LogP contribution is -2.33. The molecule has 0 saturated carbocycles. The van der Waals surface area contributed by atoms with E-state index >= 15 is 0 Å². The lowest BCUT2D eigenvalue weighted by Gasteiger charge is -2.21. The van der Waals surface area contributed by atoms with E-state index in [9.17, 15) is 18.0 Å². The summed E-state index contributed by atoms with van der Waals surface area (Å²) in [5.74, 6) is -0.342. The smallest absolute Gasteiger partial charge is 0.341 e. The van der Waals surface area contributed by atoms with Crippen LogP contribution in [0.5, 0.6) is 0 Å². The Morgan fingerprint density at radius 3 is 2.58 bits per heavy atom. The predicted octanol–water partition coefficient (Wildman–Crippen LogP) is 2.37. The minimum Gasteiger partial charge on any atom is -0.341 e. The number of nitrogens with two attached hydrogens (primary N) is 1. The van der Waals surface area contributed by atoms with Gasteiger partial charge in [0.15, 0.2) is 0 Å². The first kappa shape index (κ1) is 15.5. The molecule has 1 unspecified atom stereocenters. The number of benzene rings is 1. The number of carbonyl (C=O) groups excluding carboxylic acids is 1. The van der Waals surface area contributed by atoms with Crippen LogP contribution in [0.3, 0.4) is 0 Å². The maximum Gasteiger partial charge on any atom is 0.416 e. The van der Waals surface area contributed by atoms with Crippen LogP contribution in [-0.4, -0.2) is 30.9 Å². The summed E-state index contributed by atoms with van der Waals surface area (Å²) < 4.78 is 37.7. The molecule has 0 radical (unpaired) electrons. The van der Waals surface area contributed by atoms with Crippen molar-refractivity contribution in [3.05, 3.63) is 35.4 Å². The van der Waals surface area contributed by atoms with E-state index < -0.39 is 17.6 Å². The van der Waals surface area contributed by atoms with E-state index in [0.717, 1.165) is 12.1 Å². The van der Waals surface area contributed by atoms with Gasteiger partial charge in [-0.3, -0.25) is 4.79 Å².